The number of carbonyl (C=O) groups excluding carboxylic acids is 1. The Hall–Kier alpha value is -1.56. The van der Waals surface area contributed by atoms with Crippen molar-refractivity contribution in [2.75, 3.05) is 5.73 Å². The Morgan fingerprint density at radius 2 is 2.00 bits per heavy atom. The van der Waals surface area contributed by atoms with Gasteiger partial charge in [0, 0.05) is 15.7 Å². The molecule has 1 aromatic rings. The summed E-state index contributed by atoms with van der Waals surface area (Å²) in [6.07, 6.45) is 0. The third kappa shape index (κ3) is 3.46. The molecule has 0 spiro atoms. The molecule has 5 nitrogen and oxygen atoms in total. The first kappa shape index (κ1) is 14.5. The molecule has 1 rings (SSSR count). The van der Waals surface area contributed by atoms with Crippen molar-refractivity contribution >= 4 is 33.5 Å². The second-order valence-electron chi connectivity index (χ2n) is 4.27. The van der Waals surface area contributed by atoms with E-state index in [0.717, 1.165) is 0 Å². The van der Waals surface area contributed by atoms with Crippen LogP contribution in [0.25, 0.3) is 0 Å². The average Bonchev–Trinajstić information content (AvgIpc) is 2.28. The van der Waals surface area contributed by atoms with Crippen LogP contribution in [0, 0.1) is 5.92 Å². The van der Waals surface area contributed by atoms with Crippen molar-refractivity contribution in [3.63, 3.8) is 0 Å². The zero-order valence-electron chi connectivity index (χ0n) is 10.1. The van der Waals surface area contributed by atoms with Gasteiger partial charge in [-0.15, -0.1) is 0 Å². The summed E-state index contributed by atoms with van der Waals surface area (Å²) in [5, 5.41) is 11.5. The third-order valence-electron chi connectivity index (χ3n) is 2.48. The number of nitrogens with two attached hydrogens (primary N) is 1. The van der Waals surface area contributed by atoms with Crippen molar-refractivity contribution in [2.24, 2.45) is 5.92 Å². The number of halogens is 1. The average molecular weight is 315 g/mol. The molecule has 0 aliphatic carbocycles. The van der Waals surface area contributed by atoms with Gasteiger partial charge in [0.25, 0.3) is 5.91 Å². The highest BCUT2D eigenvalue weighted by atomic mass is 79.9. The molecule has 18 heavy (non-hydrogen) atoms. The zero-order valence-corrected chi connectivity index (χ0v) is 11.7. The Labute approximate surface area is 113 Å². The highest BCUT2D eigenvalue weighted by Gasteiger charge is 2.23. The Bertz CT molecular complexity index is 474. The van der Waals surface area contributed by atoms with Crippen molar-refractivity contribution in [1.29, 1.82) is 0 Å². The van der Waals surface area contributed by atoms with Gasteiger partial charge in [-0.2, -0.15) is 0 Å². The van der Waals surface area contributed by atoms with E-state index in [9.17, 15) is 9.59 Å². The lowest BCUT2D eigenvalue weighted by Gasteiger charge is -2.18. The van der Waals surface area contributed by atoms with E-state index in [-0.39, 0.29) is 5.92 Å². The number of carboxylic acid groups (broad SMARTS) is 1. The lowest BCUT2D eigenvalue weighted by atomic mass is 10.0. The fraction of sp³-hybridized carbons (Fsp3) is 0.333. The van der Waals surface area contributed by atoms with E-state index < -0.39 is 17.9 Å². The number of aliphatic carboxylic acids is 1. The standard InChI is InChI=1S/C12H15BrN2O3/c1-6(2)10(12(17)18)15-11(16)7-3-4-9(14)8(13)5-7/h3-6,10H,14H2,1-2H3,(H,15,16)(H,17,18). The number of anilines is 1. The van der Waals surface area contributed by atoms with Crippen LogP contribution in [0.3, 0.4) is 0 Å². The Kier molecular flexibility index (Phi) is 4.72. The van der Waals surface area contributed by atoms with Crippen LogP contribution in [0.15, 0.2) is 22.7 Å². The summed E-state index contributed by atoms with van der Waals surface area (Å²) in [7, 11) is 0. The minimum atomic E-state index is -1.05. The van der Waals surface area contributed by atoms with Crippen molar-refractivity contribution < 1.29 is 14.7 Å². The van der Waals surface area contributed by atoms with Gasteiger partial charge >= 0.3 is 5.97 Å². The number of carbonyl (C=O) groups is 2. The predicted molar refractivity (Wildman–Crippen MR) is 72.3 cm³/mol. The number of rotatable bonds is 4. The monoisotopic (exact) mass is 314 g/mol. The van der Waals surface area contributed by atoms with Gasteiger partial charge in [0.1, 0.15) is 6.04 Å². The molecule has 1 amide bonds. The Morgan fingerprint density at radius 3 is 2.44 bits per heavy atom. The molecule has 1 unspecified atom stereocenters. The van der Waals surface area contributed by atoms with Crippen LogP contribution in [-0.2, 0) is 4.79 Å². The molecule has 0 saturated carbocycles. The highest BCUT2D eigenvalue weighted by Crippen LogP contribution is 2.20. The molecular formula is C12H15BrN2O3. The number of carboxylic acids is 1. The SMILES string of the molecule is CC(C)C(NC(=O)c1ccc(N)c(Br)c1)C(=O)O. The third-order valence-corrected chi connectivity index (χ3v) is 3.17. The van der Waals surface area contributed by atoms with Crippen molar-refractivity contribution in [3.05, 3.63) is 28.2 Å². The number of amides is 1. The second kappa shape index (κ2) is 5.86. The molecular weight excluding hydrogens is 300 g/mol. The van der Waals surface area contributed by atoms with E-state index in [2.05, 4.69) is 21.2 Å². The maximum atomic E-state index is 11.9. The van der Waals surface area contributed by atoms with E-state index in [1.165, 1.54) is 0 Å². The smallest absolute Gasteiger partial charge is 0.326 e. The largest absolute Gasteiger partial charge is 0.480 e. The zero-order chi connectivity index (χ0) is 13.9. The number of nitrogen functional groups attached to an aromatic ring is 1. The van der Waals surface area contributed by atoms with Gasteiger partial charge < -0.3 is 16.2 Å². The summed E-state index contributed by atoms with van der Waals surface area (Å²) in [5.74, 6) is -1.67. The number of hydrogen-bond donors (Lipinski definition) is 3. The second-order valence-corrected chi connectivity index (χ2v) is 5.12. The summed E-state index contributed by atoms with van der Waals surface area (Å²) in [4.78, 5) is 22.9. The normalized spacial score (nSPS) is 12.2. The van der Waals surface area contributed by atoms with Crippen molar-refractivity contribution in [2.45, 2.75) is 19.9 Å². The van der Waals surface area contributed by atoms with Crippen LogP contribution < -0.4 is 11.1 Å². The van der Waals surface area contributed by atoms with Crippen LogP contribution in [0.5, 0.6) is 0 Å². The Morgan fingerprint density at radius 1 is 1.39 bits per heavy atom. The van der Waals surface area contributed by atoms with Crippen LogP contribution in [0.4, 0.5) is 5.69 Å². The molecule has 1 atom stereocenters. The van der Waals surface area contributed by atoms with Gasteiger partial charge in [-0.05, 0) is 40.0 Å². The topological polar surface area (TPSA) is 92.4 Å². The fourth-order valence-corrected chi connectivity index (χ4v) is 1.79. The molecule has 0 heterocycles. The van der Waals surface area contributed by atoms with Gasteiger partial charge in [-0.25, -0.2) is 4.79 Å². The predicted octanol–water partition coefficient (Wildman–Crippen LogP) is 1.87. The highest BCUT2D eigenvalue weighted by molar-refractivity contribution is 9.10. The van der Waals surface area contributed by atoms with E-state index in [0.29, 0.717) is 15.7 Å². The summed E-state index contributed by atoms with van der Waals surface area (Å²) in [5.41, 5.74) is 6.50. The lowest BCUT2D eigenvalue weighted by molar-refractivity contribution is -0.140. The quantitative estimate of drug-likeness (QED) is 0.740. The first-order valence-electron chi connectivity index (χ1n) is 5.41. The Balaban J connectivity index is 2.87. The minimum absolute atomic E-state index is 0.191. The van der Waals surface area contributed by atoms with Crippen molar-refractivity contribution in [3.8, 4) is 0 Å². The fourth-order valence-electron chi connectivity index (χ4n) is 1.41. The maximum Gasteiger partial charge on any atom is 0.326 e. The van der Waals surface area contributed by atoms with Crippen LogP contribution in [0.2, 0.25) is 0 Å². The molecule has 0 aliphatic rings. The first-order valence-corrected chi connectivity index (χ1v) is 6.21. The molecule has 0 aliphatic heterocycles. The minimum Gasteiger partial charge on any atom is -0.480 e. The molecule has 0 aromatic heterocycles. The van der Waals surface area contributed by atoms with Gasteiger partial charge in [0.15, 0.2) is 0 Å². The maximum absolute atomic E-state index is 11.9. The molecule has 0 fully saturated rings. The molecule has 0 saturated heterocycles. The van der Waals surface area contributed by atoms with Crippen molar-refractivity contribution in [1.82, 2.24) is 5.32 Å². The molecule has 1 aromatic carbocycles. The van der Waals surface area contributed by atoms with E-state index >= 15 is 0 Å². The number of hydrogen-bond acceptors (Lipinski definition) is 3. The number of nitrogens with one attached hydrogen (secondary N) is 1. The van der Waals surface area contributed by atoms with Crippen LogP contribution >= 0.6 is 15.9 Å². The molecule has 0 radical (unpaired) electrons. The van der Waals surface area contributed by atoms with E-state index in [1.54, 1.807) is 32.0 Å². The van der Waals surface area contributed by atoms with Gasteiger partial charge in [-0.1, -0.05) is 13.8 Å². The molecule has 0 bridgehead atoms. The van der Waals surface area contributed by atoms with E-state index in [1.807, 2.05) is 0 Å². The van der Waals surface area contributed by atoms with Gasteiger partial charge in [-0.3, -0.25) is 4.79 Å². The summed E-state index contributed by atoms with van der Waals surface area (Å²) < 4.78 is 0.603. The van der Waals surface area contributed by atoms with Crippen LogP contribution in [-0.4, -0.2) is 23.0 Å². The first-order chi connectivity index (χ1) is 8.32. The lowest BCUT2D eigenvalue weighted by Crippen LogP contribution is -2.44. The van der Waals surface area contributed by atoms with E-state index in [4.69, 9.17) is 10.8 Å². The van der Waals surface area contributed by atoms with Gasteiger partial charge in [0.2, 0.25) is 0 Å². The van der Waals surface area contributed by atoms with Crippen LogP contribution in [0.1, 0.15) is 24.2 Å². The summed E-state index contributed by atoms with van der Waals surface area (Å²) in [6, 6.07) is 3.79. The van der Waals surface area contributed by atoms with Gasteiger partial charge in [0.05, 0.1) is 0 Å². The summed E-state index contributed by atoms with van der Waals surface area (Å²) in [6.45, 7) is 3.47. The molecule has 98 valence electrons. The molecule has 6 heteroatoms. The molecule has 4 N–H and O–H groups in total. The number of benzene rings is 1. The summed E-state index contributed by atoms with van der Waals surface area (Å²) >= 11 is 3.22.